The summed E-state index contributed by atoms with van der Waals surface area (Å²) in [5.74, 6) is 0.287. The number of carbonyl (C=O) groups excluding carboxylic acids is 1. The summed E-state index contributed by atoms with van der Waals surface area (Å²) in [5.41, 5.74) is 6.33. The maximum atomic E-state index is 11.6. The van der Waals surface area contributed by atoms with Gasteiger partial charge in [0.1, 0.15) is 4.88 Å². The molecule has 1 fully saturated rings. The number of carbonyl (C=O) groups is 1. The van der Waals surface area contributed by atoms with Crippen LogP contribution in [0.5, 0.6) is 0 Å². The molecular formula is C11H17N3O2S. The Morgan fingerprint density at radius 2 is 2.35 bits per heavy atom. The first-order valence-electron chi connectivity index (χ1n) is 5.75. The Balaban J connectivity index is 2.06. The quantitative estimate of drug-likeness (QED) is 0.814. The summed E-state index contributed by atoms with van der Waals surface area (Å²) in [4.78, 5) is 18.8. The Kier molecular flexibility index (Phi) is 3.63. The third kappa shape index (κ3) is 2.42. The third-order valence-electron chi connectivity index (χ3n) is 2.81. The van der Waals surface area contributed by atoms with Crippen molar-refractivity contribution in [2.24, 2.45) is 11.7 Å². The van der Waals surface area contributed by atoms with Crippen molar-refractivity contribution in [3.05, 3.63) is 10.6 Å². The van der Waals surface area contributed by atoms with E-state index in [1.165, 1.54) is 11.3 Å². The minimum absolute atomic E-state index is 0.273. The van der Waals surface area contributed by atoms with Crippen LogP contribution < -0.4 is 10.6 Å². The molecule has 0 spiro atoms. The number of rotatable bonds is 4. The van der Waals surface area contributed by atoms with Crippen LogP contribution in [0.25, 0.3) is 0 Å². The van der Waals surface area contributed by atoms with E-state index >= 15 is 0 Å². The van der Waals surface area contributed by atoms with E-state index in [1.807, 2.05) is 6.92 Å². The van der Waals surface area contributed by atoms with Gasteiger partial charge in [0.2, 0.25) is 0 Å². The van der Waals surface area contributed by atoms with Gasteiger partial charge in [-0.05, 0) is 20.4 Å². The lowest BCUT2D eigenvalue weighted by Gasteiger charge is -2.38. The number of hydrogen-bond acceptors (Lipinski definition) is 6. The number of aryl methyl sites for hydroxylation is 1. The summed E-state index contributed by atoms with van der Waals surface area (Å²) >= 11 is 1.40. The lowest BCUT2D eigenvalue weighted by Crippen LogP contribution is -2.49. The van der Waals surface area contributed by atoms with Gasteiger partial charge in [0, 0.05) is 19.0 Å². The molecule has 0 aromatic carbocycles. The van der Waals surface area contributed by atoms with Gasteiger partial charge in [-0.15, -0.1) is 0 Å². The average Bonchev–Trinajstić information content (AvgIpc) is 2.59. The molecule has 0 saturated carbocycles. The highest BCUT2D eigenvalue weighted by molar-refractivity contribution is 7.17. The normalized spacial score (nSPS) is 15.8. The molecule has 0 radical (unpaired) electrons. The van der Waals surface area contributed by atoms with Crippen molar-refractivity contribution >= 4 is 22.4 Å². The van der Waals surface area contributed by atoms with Crippen molar-refractivity contribution in [2.45, 2.75) is 13.8 Å². The van der Waals surface area contributed by atoms with Gasteiger partial charge < -0.3 is 15.4 Å². The molecule has 2 heterocycles. The van der Waals surface area contributed by atoms with Crippen LogP contribution in [0.4, 0.5) is 5.13 Å². The number of ether oxygens (including phenoxy) is 1. The molecule has 0 bridgehead atoms. The molecule has 2 rings (SSSR count). The third-order valence-corrected chi connectivity index (χ3v) is 4.01. The van der Waals surface area contributed by atoms with E-state index in [2.05, 4.69) is 9.88 Å². The van der Waals surface area contributed by atoms with E-state index in [-0.39, 0.29) is 5.97 Å². The number of thiazole rings is 1. The van der Waals surface area contributed by atoms with E-state index < -0.39 is 0 Å². The number of anilines is 1. The van der Waals surface area contributed by atoms with Gasteiger partial charge in [-0.1, -0.05) is 11.3 Å². The molecule has 5 nitrogen and oxygen atoms in total. The Morgan fingerprint density at radius 1 is 1.65 bits per heavy atom. The van der Waals surface area contributed by atoms with Crippen LogP contribution in [-0.4, -0.2) is 37.2 Å². The van der Waals surface area contributed by atoms with Gasteiger partial charge in [-0.3, -0.25) is 0 Å². The molecule has 1 aliphatic heterocycles. The molecule has 1 aliphatic rings. The SMILES string of the molecule is CCOC(=O)c1sc(N2CC(CN)C2)nc1C. The second kappa shape index (κ2) is 5.01. The van der Waals surface area contributed by atoms with Crippen LogP contribution in [0.1, 0.15) is 22.3 Å². The van der Waals surface area contributed by atoms with Gasteiger partial charge in [-0.2, -0.15) is 0 Å². The summed E-state index contributed by atoms with van der Waals surface area (Å²) in [6.07, 6.45) is 0. The zero-order chi connectivity index (χ0) is 12.4. The van der Waals surface area contributed by atoms with Crippen LogP contribution in [0.15, 0.2) is 0 Å². The van der Waals surface area contributed by atoms with Gasteiger partial charge in [0.05, 0.1) is 12.3 Å². The number of nitrogens with zero attached hydrogens (tertiary/aromatic N) is 2. The van der Waals surface area contributed by atoms with Crippen LogP contribution in [-0.2, 0) is 4.74 Å². The van der Waals surface area contributed by atoms with Gasteiger partial charge in [0.15, 0.2) is 5.13 Å². The first-order valence-corrected chi connectivity index (χ1v) is 6.57. The summed E-state index contributed by atoms with van der Waals surface area (Å²) in [6, 6.07) is 0. The number of hydrogen-bond donors (Lipinski definition) is 1. The van der Waals surface area contributed by atoms with E-state index in [1.54, 1.807) is 6.92 Å². The molecule has 1 aromatic heterocycles. The summed E-state index contributed by atoms with van der Waals surface area (Å²) in [7, 11) is 0. The highest BCUT2D eigenvalue weighted by atomic mass is 32.1. The Morgan fingerprint density at radius 3 is 2.94 bits per heavy atom. The molecule has 17 heavy (non-hydrogen) atoms. The molecule has 2 N–H and O–H groups in total. The van der Waals surface area contributed by atoms with Crippen molar-refractivity contribution < 1.29 is 9.53 Å². The fourth-order valence-electron chi connectivity index (χ4n) is 1.78. The Bertz CT molecular complexity index is 413. The van der Waals surface area contributed by atoms with Crippen molar-refractivity contribution in [3.63, 3.8) is 0 Å². The predicted octanol–water partition coefficient (Wildman–Crippen LogP) is 1.02. The lowest BCUT2D eigenvalue weighted by atomic mass is 10.0. The lowest BCUT2D eigenvalue weighted by molar-refractivity contribution is 0.0531. The summed E-state index contributed by atoms with van der Waals surface area (Å²) < 4.78 is 4.99. The summed E-state index contributed by atoms with van der Waals surface area (Å²) in [6.45, 7) is 6.62. The second-order valence-electron chi connectivity index (χ2n) is 4.14. The molecule has 6 heteroatoms. The highest BCUT2D eigenvalue weighted by Crippen LogP contribution is 2.31. The van der Waals surface area contributed by atoms with Gasteiger partial charge in [0.25, 0.3) is 0 Å². The van der Waals surface area contributed by atoms with Crippen LogP contribution in [0, 0.1) is 12.8 Å². The minimum atomic E-state index is -0.273. The smallest absolute Gasteiger partial charge is 0.350 e. The first kappa shape index (κ1) is 12.3. The number of esters is 1. The topological polar surface area (TPSA) is 68.5 Å². The van der Waals surface area contributed by atoms with Crippen LogP contribution in [0.3, 0.4) is 0 Å². The molecule has 94 valence electrons. The van der Waals surface area contributed by atoms with Crippen molar-refractivity contribution in [1.82, 2.24) is 4.98 Å². The van der Waals surface area contributed by atoms with Crippen molar-refractivity contribution in [2.75, 3.05) is 31.1 Å². The van der Waals surface area contributed by atoms with E-state index in [0.717, 1.165) is 23.9 Å². The average molecular weight is 255 g/mol. The molecule has 0 atom stereocenters. The van der Waals surface area contributed by atoms with Gasteiger partial charge >= 0.3 is 5.97 Å². The molecule has 1 aromatic rings. The monoisotopic (exact) mass is 255 g/mol. The maximum Gasteiger partial charge on any atom is 0.350 e. The number of nitrogens with two attached hydrogens (primary N) is 1. The molecule has 0 amide bonds. The van der Waals surface area contributed by atoms with E-state index in [4.69, 9.17) is 10.5 Å². The molecule has 1 saturated heterocycles. The van der Waals surface area contributed by atoms with Gasteiger partial charge in [-0.25, -0.2) is 9.78 Å². The fourth-order valence-corrected chi connectivity index (χ4v) is 2.76. The second-order valence-corrected chi connectivity index (χ2v) is 5.12. The van der Waals surface area contributed by atoms with Crippen molar-refractivity contribution in [3.8, 4) is 0 Å². The van der Waals surface area contributed by atoms with E-state index in [9.17, 15) is 4.79 Å². The maximum absolute atomic E-state index is 11.6. The zero-order valence-corrected chi connectivity index (χ0v) is 10.9. The first-order chi connectivity index (χ1) is 8.15. The Labute approximate surface area is 105 Å². The van der Waals surface area contributed by atoms with Crippen LogP contribution in [0.2, 0.25) is 0 Å². The zero-order valence-electron chi connectivity index (χ0n) is 10.1. The highest BCUT2D eigenvalue weighted by Gasteiger charge is 2.29. The van der Waals surface area contributed by atoms with E-state index in [0.29, 0.717) is 23.9 Å². The van der Waals surface area contributed by atoms with Crippen molar-refractivity contribution in [1.29, 1.82) is 0 Å². The predicted molar refractivity (Wildman–Crippen MR) is 67.6 cm³/mol. The minimum Gasteiger partial charge on any atom is -0.462 e. The standard InChI is InChI=1S/C11H17N3O2S/c1-3-16-10(15)9-7(2)13-11(17-9)14-5-8(4-12)6-14/h8H,3-6,12H2,1-2H3. The number of aromatic nitrogens is 1. The van der Waals surface area contributed by atoms with Crippen LogP contribution >= 0.6 is 11.3 Å². The summed E-state index contributed by atoms with van der Waals surface area (Å²) in [5, 5.41) is 0.898. The molecular weight excluding hydrogens is 238 g/mol. The molecule has 0 aliphatic carbocycles. The fraction of sp³-hybridized carbons (Fsp3) is 0.636. The largest absolute Gasteiger partial charge is 0.462 e. The Hall–Kier alpha value is -1.14. The molecule has 0 unspecified atom stereocenters.